The van der Waals surface area contributed by atoms with Gasteiger partial charge in [-0.2, -0.15) is 5.26 Å². The van der Waals surface area contributed by atoms with E-state index in [1.54, 1.807) is 19.2 Å². The second kappa shape index (κ2) is 7.47. The Kier molecular flexibility index (Phi) is 5.10. The number of nitrogens with one attached hydrogen (secondary N) is 1. The summed E-state index contributed by atoms with van der Waals surface area (Å²) in [5, 5.41) is 13.4. The normalized spacial score (nSPS) is 15.6. The van der Waals surface area contributed by atoms with Crippen LogP contribution in [0.5, 0.6) is 0 Å². The minimum atomic E-state index is -0.765. The van der Waals surface area contributed by atoms with Crippen LogP contribution in [-0.4, -0.2) is 21.2 Å². The van der Waals surface area contributed by atoms with Crippen molar-refractivity contribution < 1.29 is 4.39 Å². The first kappa shape index (κ1) is 20.5. The van der Waals surface area contributed by atoms with E-state index in [1.807, 2.05) is 26.0 Å². The molecule has 1 aromatic carbocycles. The number of hydrogen-bond donors (Lipinski definition) is 1. The lowest BCUT2D eigenvalue weighted by Crippen LogP contribution is -2.32. The molecule has 0 radical (unpaired) electrons. The SMILES string of the molecule is Cc1nc(N[C@H](C)c2cccc(C#N)c2C)c2cn(C3(CF)CC3)c(=O)c(Br)c2n1. The fourth-order valence-electron chi connectivity index (χ4n) is 3.84. The molecule has 0 bridgehead atoms. The van der Waals surface area contributed by atoms with Gasteiger partial charge in [-0.1, -0.05) is 12.1 Å². The summed E-state index contributed by atoms with van der Waals surface area (Å²) in [6, 6.07) is 7.68. The average molecular weight is 470 g/mol. The van der Waals surface area contributed by atoms with Crippen LogP contribution in [0.1, 0.15) is 48.3 Å². The number of alkyl halides is 1. The number of fused-ring (bicyclic) bond motifs is 1. The molecule has 0 amide bonds. The first-order valence-electron chi connectivity index (χ1n) is 9.73. The number of hydrogen-bond acceptors (Lipinski definition) is 5. The zero-order valence-corrected chi connectivity index (χ0v) is 18.5. The van der Waals surface area contributed by atoms with Crippen LogP contribution < -0.4 is 10.9 Å². The number of nitriles is 1. The van der Waals surface area contributed by atoms with Gasteiger partial charge in [0.1, 0.15) is 22.8 Å². The lowest BCUT2D eigenvalue weighted by molar-refractivity contribution is 0.330. The molecular weight excluding hydrogens is 449 g/mol. The van der Waals surface area contributed by atoms with Gasteiger partial charge in [0.2, 0.25) is 0 Å². The summed E-state index contributed by atoms with van der Waals surface area (Å²) >= 11 is 3.38. The minimum absolute atomic E-state index is 0.147. The Morgan fingerprint density at radius 1 is 1.37 bits per heavy atom. The highest BCUT2D eigenvalue weighted by Gasteiger charge is 2.46. The van der Waals surface area contributed by atoms with Gasteiger partial charge in [0.25, 0.3) is 5.56 Å². The molecule has 2 heterocycles. The van der Waals surface area contributed by atoms with E-state index in [4.69, 9.17) is 0 Å². The highest BCUT2D eigenvalue weighted by molar-refractivity contribution is 9.10. The van der Waals surface area contributed by atoms with Crippen molar-refractivity contribution in [3.63, 3.8) is 0 Å². The Balaban J connectivity index is 1.85. The number of nitrogens with zero attached hydrogens (tertiary/aromatic N) is 4. The molecule has 1 aliphatic rings. The number of pyridine rings is 1. The summed E-state index contributed by atoms with van der Waals surface area (Å²) < 4.78 is 15.5. The van der Waals surface area contributed by atoms with Crippen molar-refractivity contribution in [2.24, 2.45) is 0 Å². The van der Waals surface area contributed by atoms with Crippen LogP contribution in [0, 0.1) is 25.2 Å². The summed E-state index contributed by atoms with van der Waals surface area (Å²) in [6.45, 7) is 5.08. The molecule has 0 saturated heterocycles. The van der Waals surface area contributed by atoms with E-state index in [0.717, 1.165) is 11.1 Å². The molecule has 6 nitrogen and oxygen atoms in total. The van der Waals surface area contributed by atoms with Crippen molar-refractivity contribution in [3.8, 4) is 6.07 Å². The van der Waals surface area contributed by atoms with E-state index in [2.05, 4.69) is 37.3 Å². The zero-order valence-electron chi connectivity index (χ0n) is 17.0. The van der Waals surface area contributed by atoms with E-state index < -0.39 is 12.2 Å². The van der Waals surface area contributed by atoms with Crippen LogP contribution in [0.25, 0.3) is 10.9 Å². The molecule has 1 aliphatic carbocycles. The maximum absolute atomic E-state index is 13.7. The lowest BCUT2D eigenvalue weighted by Gasteiger charge is -2.21. The molecule has 1 atom stereocenters. The zero-order chi connectivity index (χ0) is 21.6. The van der Waals surface area contributed by atoms with Gasteiger partial charge < -0.3 is 9.88 Å². The summed E-state index contributed by atoms with van der Waals surface area (Å²) in [7, 11) is 0. The average Bonchev–Trinajstić information content (AvgIpc) is 3.52. The molecule has 1 fully saturated rings. The predicted octanol–water partition coefficient (Wildman–Crippen LogP) is 4.67. The Morgan fingerprint density at radius 2 is 2.10 bits per heavy atom. The second-order valence-corrected chi connectivity index (χ2v) is 8.65. The van der Waals surface area contributed by atoms with Gasteiger partial charge >= 0.3 is 0 Å². The standard InChI is InChI=1S/C22H21BrFN5O/c1-12-15(9-25)5-4-6-16(12)13(2)26-20-17-10-29(22(11-24)7-8-22)21(30)18(23)19(17)27-14(3)28-20/h4-6,10,13H,7-8,11H2,1-3H3,(H,26,27,28)/t13-/m1/s1. The minimum Gasteiger partial charge on any atom is -0.363 e. The number of aryl methyl sites for hydroxylation is 1. The fraction of sp³-hybridized carbons (Fsp3) is 0.364. The number of anilines is 1. The highest BCUT2D eigenvalue weighted by atomic mass is 79.9. The second-order valence-electron chi connectivity index (χ2n) is 7.86. The van der Waals surface area contributed by atoms with Crippen LogP contribution >= 0.6 is 15.9 Å². The van der Waals surface area contributed by atoms with Crippen LogP contribution in [-0.2, 0) is 5.54 Å². The maximum atomic E-state index is 13.7. The summed E-state index contributed by atoms with van der Waals surface area (Å²) in [4.78, 5) is 21.9. The van der Waals surface area contributed by atoms with E-state index in [0.29, 0.717) is 45.4 Å². The molecule has 30 heavy (non-hydrogen) atoms. The maximum Gasteiger partial charge on any atom is 0.267 e. The number of aromatic nitrogens is 3. The third-order valence-electron chi connectivity index (χ3n) is 5.83. The molecule has 1 saturated carbocycles. The van der Waals surface area contributed by atoms with Gasteiger partial charge in [-0.15, -0.1) is 0 Å². The van der Waals surface area contributed by atoms with Crippen LogP contribution in [0.3, 0.4) is 0 Å². The van der Waals surface area contributed by atoms with Gasteiger partial charge in [0, 0.05) is 6.20 Å². The molecular formula is C22H21BrFN5O. The molecule has 0 spiro atoms. The van der Waals surface area contributed by atoms with Crippen molar-refractivity contribution >= 4 is 32.7 Å². The largest absolute Gasteiger partial charge is 0.363 e. The Morgan fingerprint density at radius 3 is 2.73 bits per heavy atom. The molecule has 4 rings (SSSR count). The quantitative estimate of drug-likeness (QED) is 0.586. The number of rotatable bonds is 5. The smallest absolute Gasteiger partial charge is 0.267 e. The fourth-order valence-corrected chi connectivity index (χ4v) is 4.33. The van der Waals surface area contributed by atoms with Gasteiger partial charge in [-0.25, -0.2) is 14.4 Å². The summed E-state index contributed by atoms with van der Waals surface area (Å²) in [5.41, 5.74) is 1.96. The Bertz CT molecular complexity index is 1260. The monoisotopic (exact) mass is 469 g/mol. The Hall–Kier alpha value is -2.79. The third kappa shape index (κ3) is 3.27. The van der Waals surface area contributed by atoms with E-state index >= 15 is 0 Å². The van der Waals surface area contributed by atoms with E-state index in [9.17, 15) is 14.4 Å². The van der Waals surface area contributed by atoms with Crippen molar-refractivity contribution in [1.82, 2.24) is 14.5 Å². The van der Waals surface area contributed by atoms with Crippen LogP contribution in [0.2, 0.25) is 0 Å². The predicted molar refractivity (Wildman–Crippen MR) is 117 cm³/mol. The summed E-state index contributed by atoms with van der Waals surface area (Å²) in [5.74, 6) is 1.08. The topological polar surface area (TPSA) is 83.6 Å². The molecule has 1 N–H and O–H groups in total. The van der Waals surface area contributed by atoms with E-state index in [-0.39, 0.29) is 11.6 Å². The first-order chi connectivity index (χ1) is 14.3. The van der Waals surface area contributed by atoms with Gasteiger partial charge in [-0.05, 0) is 66.7 Å². The van der Waals surface area contributed by atoms with Crippen molar-refractivity contribution in [1.29, 1.82) is 5.26 Å². The van der Waals surface area contributed by atoms with Crippen molar-refractivity contribution in [2.75, 3.05) is 12.0 Å². The Labute approximate surface area is 181 Å². The van der Waals surface area contributed by atoms with Crippen LogP contribution in [0.4, 0.5) is 10.2 Å². The van der Waals surface area contributed by atoms with Crippen LogP contribution in [0.15, 0.2) is 33.7 Å². The van der Waals surface area contributed by atoms with Gasteiger partial charge in [-0.3, -0.25) is 4.79 Å². The van der Waals surface area contributed by atoms with Gasteiger partial charge in [0.05, 0.1) is 34.1 Å². The summed E-state index contributed by atoms with van der Waals surface area (Å²) in [6.07, 6.45) is 2.93. The van der Waals surface area contributed by atoms with Crippen molar-refractivity contribution in [3.05, 3.63) is 61.7 Å². The third-order valence-corrected chi connectivity index (χ3v) is 6.55. The molecule has 0 unspecified atom stereocenters. The lowest BCUT2D eigenvalue weighted by atomic mass is 9.98. The van der Waals surface area contributed by atoms with E-state index in [1.165, 1.54) is 4.57 Å². The number of halogens is 2. The first-order valence-corrected chi connectivity index (χ1v) is 10.5. The van der Waals surface area contributed by atoms with Gasteiger partial charge in [0.15, 0.2) is 0 Å². The molecule has 2 aromatic heterocycles. The molecule has 154 valence electrons. The van der Waals surface area contributed by atoms with Crippen molar-refractivity contribution in [2.45, 2.75) is 45.2 Å². The number of benzene rings is 1. The molecule has 3 aromatic rings. The highest BCUT2D eigenvalue weighted by Crippen LogP contribution is 2.44. The molecule has 8 heteroatoms. The molecule has 0 aliphatic heterocycles.